The van der Waals surface area contributed by atoms with Crippen LogP contribution in [0, 0.1) is 5.92 Å². The first kappa shape index (κ1) is 9.44. The number of halogens is 1. The summed E-state index contributed by atoms with van der Waals surface area (Å²) in [4.78, 5) is 0. The molecular formula is C7H16BrN. The Morgan fingerprint density at radius 2 is 2.22 bits per heavy atom. The normalized spacial score (nSPS) is 13.7. The molecule has 0 heterocycles. The van der Waals surface area contributed by atoms with Crippen LogP contribution in [0.1, 0.15) is 26.7 Å². The molecule has 0 aliphatic carbocycles. The minimum absolute atomic E-state index is 0.826. The van der Waals surface area contributed by atoms with E-state index in [0.29, 0.717) is 0 Å². The van der Waals surface area contributed by atoms with Crippen molar-refractivity contribution in [3.8, 4) is 0 Å². The fraction of sp³-hybridized carbons (Fsp3) is 1.00. The van der Waals surface area contributed by atoms with Gasteiger partial charge in [-0.1, -0.05) is 36.2 Å². The second-order valence-electron chi connectivity index (χ2n) is 2.48. The first-order valence-corrected chi connectivity index (χ1v) is 4.70. The van der Waals surface area contributed by atoms with Gasteiger partial charge >= 0.3 is 0 Å². The highest BCUT2D eigenvalue weighted by atomic mass is 79.9. The minimum Gasteiger partial charge on any atom is -0.307 e. The maximum absolute atomic E-state index is 3.32. The molecule has 1 nitrogen and oxygen atoms in total. The smallest absolute Gasteiger partial charge is 0.0517 e. The fourth-order valence-corrected chi connectivity index (χ4v) is 1.12. The lowest BCUT2D eigenvalue weighted by atomic mass is 10.1. The van der Waals surface area contributed by atoms with E-state index in [-0.39, 0.29) is 0 Å². The predicted octanol–water partition coefficient (Wildman–Crippen LogP) is 2.36. The van der Waals surface area contributed by atoms with Crippen LogP contribution >= 0.6 is 15.9 Å². The lowest BCUT2D eigenvalue weighted by Gasteiger charge is -2.08. The van der Waals surface area contributed by atoms with E-state index in [9.17, 15) is 0 Å². The van der Waals surface area contributed by atoms with Crippen molar-refractivity contribution in [2.75, 3.05) is 12.0 Å². The summed E-state index contributed by atoms with van der Waals surface area (Å²) < 4.78 is 0. The Bertz CT molecular complexity index is 56.9. The van der Waals surface area contributed by atoms with E-state index < -0.39 is 0 Å². The van der Waals surface area contributed by atoms with E-state index in [1.807, 2.05) is 0 Å². The molecule has 0 radical (unpaired) electrons. The van der Waals surface area contributed by atoms with E-state index in [4.69, 9.17) is 0 Å². The zero-order chi connectivity index (χ0) is 7.11. The van der Waals surface area contributed by atoms with Crippen LogP contribution in [0.5, 0.6) is 0 Å². The molecule has 0 saturated carbocycles. The van der Waals surface area contributed by atoms with Gasteiger partial charge in [-0.3, -0.25) is 0 Å². The SMILES string of the molecule is CCCC(C)CNCBr. The monoisotopic (exact) mass is 193 g/mol. The van der Waals surface area contributed by atoms with Crippen LogP contribution in [0.3, 0.4) is 0 Å². The summed E-state index contributed by atoms with van der Waals surface area (Å²) >= 11 is 3.32. The highest BCUT2D eigenvalue weighted by Crippen LogP contribution is 2.02. The number of hydrogen-bond donors (Lipinski definition) is 1. The van der Waals surface area contributed by atoms with Crippen molar-refractivity contribution in [3.63, 3.8) is 0 Å². The summed E-state index contributed by atoms with van der Waals surface area (Å²) in [6, 6.07) is 0. The molecule has 0 rings (SSSR count). The second kappa shape index (κ2) is 6.56. The van der Waals surface area contributed by atoms with Crippen LogP contribution in [-0.2, 0) is 0 Å². The Labute approximate surface area is 66.3 Å². The maximum Gasteiger partial charge on any atom is 0.0517 e. The second-order valence-corrected chi connectivity index (χ2v) is 3.04. The lowest BCUT2D eigenvalue weighted by Crippen LogP contribution is -2.18. The summed E-state index contributed by atoms with van der Waals surface area (Å²) in [6.07, 6.45) is 2.63. The van der Waals surface area contributed by atoms with Crippen LogP contribution < -0.4 is 5.32 Å². The molecule has 0 bridgehead atoms. The van der Waals surface area contributed by atoms with Crippen LogP contribution in [0.4, 0.5) is 0 Å². The molecule has 9 heavy (non-hydrogen) atoms. The third-order valence-electron chi connectivity index (χ3n) is 1.37. The minimum atomic E-state index is 0.826. The highest BCUT2D eigenvalue weighted by molar-refractivity contribution is 9.09. The van der Waals surface area contributed by atoms with Crippen molar-refractivity contribution in [1.29, 1.82) is 0 Å². The average molecular weight is 194 g/mol. The van der Waals surface area contributed by atoms with Gasteiger partial charge in [0.1, 0.15) is 0 Å². The molecule has 0 fully saturated rings. The van der Waals surface area contributed by atoms with Crippen molar-refractivity contribution >= 4 is 15.9 Å². The molecular weight excluding hydrogens is 178 g/mol. The molecule has 0 aliphatic heterocycles. The summed E-state index contributed by atoms with van der Waals surface area (Å²) in [7, 11) is 0. The Morgan fingerprint density at radius 1 is 1.56 bits per heavy atom. The van der Waals surface area contributed by atoms with E-state index in [0.717, 1.165) is 17.9 Å². The van der Waals surface area contributed by atoms with Gasteiger partial charge in [0.2, 0.25) is 0 Å². The highest BCUT2D eigenvalue weighted by Gasteiger charge is 1.96. The Morgan fingerprint density at radius 3 is 2.67 bits per heavy atom. The number of nitrogens with one attached hydrogen (secondary N) is 1. The van der Waals surface area contributed by atoms with E-state index >= 15 is 0 Å². The van der Waals surface area contributed by atoms with E-state index in [1.54, 1.807) is 0 Å². The Balaban J connectivity index is 2.95. The van der Waals surface area contributed by atoms with Crippen molar-refractivity contribution in [1.82, 2.24) is 5.32 Å². The molecule has 0 aromatic rings. The topological polar surface area (TPSA) is 12.0 Å². The molecule has 1 unspecified atom stereocenters. The van der Waals surface area contributed by atoms with Gasteiger partial charge in [0, 0.05) is 0 Å². The van der Waals surface area contributed by atoms with Gasteiger partial charge in [-0.2, -0.15) is 0 Å². The van der Waals surface area contributed by atoms with Gasteiger partial charge in [-0.05, 0) is 18.9 Å². The van der Waals surface area contributed by atoms with E-state index in [2.05, 4.69) is 35.1 Å². The van der Waals surface area contributed by atoms with Crippen LogP contribution in [0.15, 0.2) is 0 Å². The van der Waals surface area contributed by atoms with Crippen molar-refractivity contribution in [2.45, 2.75) is 26.7 Å². The van der Waals surface area contributed by atoms with Gasteiger partial charge in [-0.15, -0.1) is 0 Å². The van der Waals surface area contributed by atoms with Crippen LogP contribution in [0.25, 0.3) is 0 Å². The number of alkyl halides is 1. The number of rotatable bonds is 5. The lowest BCUT2D eigenvalue weighted by molar-refractivity contribution is 0.496. The first-order chi connectivity index (χ1) is 4.31. The Hall–Kier alpha value is 0.440. The molecule has 0 aromatic heterocycles. The third-order valence-corrected chi connectivity index (χ3v) is 1.77. The average Bonchev–Trinajstić information content (AvgIpc) is 1.85. The van der Waals surface area contributed by atoms with Crippen molar-refractivity contribution in [3.05, 3.63) is 0 Å². The summed E-state index contributed by atoms with van der Waals surface area (Å²) in [5.41, 5.74) is 0.918. The first-order valence-electron chi connectivity index (χ1n) is 3.58. The van der Waals surface area contributed by atoms with Gasteiger partial charge in [0.15, 0.2) is 0 Å². The molecule has 1 atom stereocenters. The zero-order valence-electron chi connectivity index (χ0n) is 6.28. The predicted molar refractivity (Wildman–Crippen MR) is 45.9 cm³/mol. The summed E-state index contributed by atoms with van der Waals surface area (Å²) in [5.74, 6) is 0.826. The van der Waals surface area contributed by atoms with Gasteiger partial charge < -0.3 is 5.32 Å². The van der Waals surface area contributed by atoms with Gasteiger partial charge in [0.05, 0.1) is 5.45 Å². The Kier molecular flexibility index (Phi) is 6.88. The largest absolute Gasteiger partial charge is 0.307 e. The summed E-state index contributed by atoms with van der Waals surface area (Å²) in [5, 5.41) is 3.25. The molecule has 56 valence electrons. The zero-order valence-corrected chi connectivity index (χ0v) is 7.87. The maximum atomic E-state index is 3.32. The van der Waals surface area contributed by atoms with Gasteiger partial charge in [0.25, 0.3) is 0 Å². The molecule has 0 amide bonds. The molecule has 1 N–H and O–H groups in total. The number of hydrogen-bond acceptors (Lipinski definition) is 1. The van der Waals surface area contributed by atoms with Crippen molar-refractivity contribution < 1.29 is 0 Å². The standard InChI is InChI=1S/C7H16BrN/c1-3-4-7(2)5-9-6-8/h7,9H,3-6H2,1-2H3. The van der Waals surface area contributed by atoms with Gasteiger partial charge in [-0.25, -0.2) is 0 Å². The quantitative estimate of drug-likeness (QED) is 0.523. The molecule has 0 aliphatic rings. The van der Waals surface area contributed by atoms with Crippen molar-refractivity contribution in [2.24, 2.45) is 5.92 Å². The summed E-state index contributed by atoms with van der Waals surface area (Å²) in [6.45, 7) is 5.64. The van der Waals surface area contributed by atoms with Crippen LogP contribution in [0.2, 0.25) is 0 Å². The molecule has 0 aromatic carbocycles. The van der Waals surface area contributed by atoms with Crippen LogP contribution in [-0.4, -0.2) is 12.0 Å². The van der Waals surface area contributed by atoms with E-state index in [1.165, 1.54) is 12.8 Å². The molecule has 2 heteroatoms. The molecule has 0 spiro atoms. The molecule has 0 saturated heterocycles. The third kappa shape index (κ3) is 6.32. The fourth-order valence-electron chi connectivity index (χ4n) is 0.896.